The molecule has 1 aliphatic heterocycles. The molecule has 0 aromatic heterocycles. The lowest BCUT2D eigenvalue weighted by Crippen LogP contribution is -2.32. The fourth-order valence-electron chi connectivity index (χ4n) is 2.08. The number of hydrogen-bond donors (Lipinski definition) is 0. The van der Waals surface area contributed by atoms with Gasteiger partial charge in [0.15, 0.2) is 0 Å². The summed E-state index contributed by atoms with van der Waals surface area (Å²) in [6, 6.07) is 7.87. The lowest BCUT2D eigenvalue weighted by atomic mass is 10.1. The first kappa shape index (κ1) is 12.7. The van der Waals surface area contributed by atoms with Gasteiger partial charge in [-0.25, -0.2) is 0 Å². The molecule has 0 unspecified atom stereocenters. The second kappa shape index (κ2) is 6.22. The van der Waals surface area contributed by atoms with E-state index in [2.05, 4.69) is 27.4 Å². The van der Waals surface area contributed by atoms with E-state index in [0.717, 1.165) is 22.5 Å². The van der Waals surface area contributed by atoms with Gasteiger partial charge < -0.3 is 4.74 Å². The van der Waals surface area contributed by atoms with Crippen LogP contribution in [0.1, 0.15) is 19.3 Å². The average molecular weight is 296 g/mol. The zero-order valence-corrected chi connectivity index (χ0v) is 11.6. The Kier molecular flexibility index (Phi) is 4.63. The van der Waals surface area contributed by atoms with Crippen LogP contribution in [0.15, 0.2) is 41.1 Å². The van der Waals surface area contributed by atoms with Gasteiger partial charge >= 0.3 is 0 Å². The van der Waals surface area contributed by atoms with Crippen LogP contribution in [0.5, 0.6) is 5.75 Å². The number of hydrogen-bond acceptors (Lipinski definition) is 2. The SMILES string of the molecule is C=C(CN1CCCCC1)Oc1ccccc1Br. The van der Waals surface area contributed by atoms with Crippen molar-refractivity contribution in [1.29, 1.82) is 0 Å². The smallest absolute Gasteiger partial charge is 0.141 e. The third kappa shape index (κ3) is 3.86. The van der Waals surface area contributed by atoms with Crippen LogP contribution < -0.4 is 4.74 Å². The predicted molar refractivity (Wildman–Crippen MR) is 74.2 cm³/mol. The number of halogens is 1. The molecule has 2 nitrogen and oxygen atoms in total. The Morgan fingerprint density at radius 1 is 1.24 bits per heavy atom. The Bertz CT molecular complexity index is 386. The lowest BCUT2D eigenvalue weighted by Gasteiger charge is -2.26. The third-order valence-electron chi connectivity index (χ3n) is 2.94. The maximum absolute atomic E-state index is 5.76. The van der Waals surface area contributed by atoms with E-state index in [-0.39, 0.29) is 0 Å². The van der Waals surface area contributed by atoms with E-state index in [4.69, 9.17) is 4.74 Å². The highest BCUT2D eigenvalue weighted by Crippen LogP contribution is 2.25. The van der Waals surface area contributed by atoms with Gasteiger partial charge in [0, 0.05) is 0 Å². The summed E-state index contributed by atoms with van der Waals surface area (Å²) < 4.78 is 6.74. The molecule has 17 heavy (non-hydrogen) atoms. The lowest BCUT2D eigenvalue weighted by molar-refractivity contribution is 0.220. The largest absolute Gasteiger partial charge is 0.460 e. The van der Waals surface area contributed by atoms with Crippen LogP contribution in [0, 0.1) is 0 Å². The van der Waals surface area contributed by atoms with Crippen molar-refractivity contribution in [3.05, 3.63) is 41.1 Å². The van der Waals surface area contributed by atoms with E-state index < -0.39 is 0 Å². The van der Waals surface area contributed by atoms with Gasteiger partial charge in [-0.3, -0.25) is 4.90 Å². The normalized spacial score (nSPS) is 16.8. The molecule has 0 atom stereocenters. The zero-order valence-electron chi connectivity index (χ0n) is 9.99. The van der Waals surface area contributed by atoms with Crippen molar-refractivity contribution < 1.29 is 4.74 Å². The molecule has 0 spiro atoms. The first-order chi connectivity index (χ1) is 8.25. The van der Waals surface area contributed by atoms with Crippen molar-refractivity contribution in [2.75, 3.05) is 19.6 Å². The molecule has 1 aromatic carbocycles. The average Bonchev–Trinajstić information content (AvgIpc) is 2.33. The van der Waals surface area contributed by atoms with Crippen LogP contribution in [-0.2, 0) is 0 Å². The molecule has 0 aliphatic carbocycles. The van der Waals surface area contributed by atoms with Crippen LogP contribution in [0.2, 0.25) is 0 Å². The highest BCUT2D eigenvalue weighted by atomic mass is 79.9. The van der Waals surface area contributed by atoms with Gasteiger partial charge in [-0.05, 0) is 54.0 Å². The summed E-state index contributed by atoms with van der Waals surface area (Å²) in [5, 5.41) is 0. The van der Waals surface area contributed by atoms with Gasteiger partial charge in [0.1, 0.15) is 11.5 Å². The monoisotopic (exact) mass is 295 g/mol. The van der Waals surface area contributed by atoms with E-state index >= 15 is 0 Å². The minimum atomic E-state index is 0.818. The topological polar surface area (TPSA) is 12.5 Å². The summed E-state index contributed by atoms with van der Waals surface area (Å²) in [5.74, 6) is 1.66. The van der Waals surface area contributed by atoms with Crippen molar-refractivity contribution in [3.63, 3.8) is 0 Å². The number of para-hydroxylation sites is 1. The Hall–Kier alpha value is -0.800. The van der Waals surface area contributed by atoms with Gasteiger partial charge in [-0.2, -0.15) is 0 Å². The van der Waals surface area contributed by atoms with Crippen LogP contribution in [0.25, 0.3) is 0 Å². The summed E-state index contributed by atoms with van der Waals surface area (Å²) in [4.78, 5) is 2.41. The van der Waals surface area contributed by atoms with E-state index in [1.807, 2.05) is 24.3 Å². The number of ether oxygens (including phenoxy) is 1. The van der Waals surface area contributed by atoms with Crippen molar-refractivity contribution in [2.45, 2.75) is 19.3 Å². The van der Waals surface area contributed by atoms with Crippen molar-refractivity contribution in [3.8, 4) is 5.75 Å². The Labute approximate surface area is 111 Å². The maximum Gasteiger partial charge on any atom is 0.141 e. The summed E-state index contributed by atoms with van der Waals surface area (Å²) in [6.45, 7) is 7.17. The number of piperidine rings is 1. The molecule has 92 valence electrons. The Balaban J connectivity index is 1.86. The van der Waals surface area contributed by atoms with Crippen molar-refractivity contribution in [2.24, 2.45) is 0 Å². The first-order valence-corrected chi connectivity index (χ1v) is 6.87. The summed E-state index contributed by atoms with van der Waals surface area (Å²) in [5.41, 5.74) is 0. The van der Waals surface area contributed by atoms with Gasteiger partial charge in [-0.1, -0.05) is 25.1 Å². The van der Waals surface area contributed by atoms with Crippen LogP contribution >= 0.6 is 15.9 Å². The minimum Gasteiger partial charge on any atom is -0.460 e. The zero-order chi connectivity index (χ0) is 12.1. The third-order valence-corrected chi connectivity index (χ3v) is 3.59. The number of benzene rings is 1. The van der Waals surface area contributed by atoms with E-state index in [0.29, 0.717) is 0 Å². The quantitative estimate of drug-likeness (QED) is 0.783. The maximum atomic E-state index is 5.76. The molecule has 0 bridgehead atoms. The Morgan fingerprint density at radius 2 is 1.94 bits per heavy atom. The molecule has 0 saturated carbocycles. The Morgan fingerprint density at radius 3 is 2.65 bits per heavy atom. The van der Waals surface area contributed by atoms with E-state index in [1.54, 1.807) is 0 Å². The minimum absolute atomic E-state index is 0.818. The molecule has 0 amide bonds. The van der Waals surface area contributed by atoms with Crippen LogP contribution in [0.3, 0.4) is 0 Å². The molecule has 0 N–H and O–H groups in total. The van der Waals surface area contributed by atoms with Gasteiger partial charge in [0.05, 0.1) is 11.0 Å². The fraction of sp³-hybridized carbons (Fsp3) is 0.429. The summed E-state index contributed by atoms with van der Waals surface area (Å²) in [6.07, 6.45) is 3.94. The highest BCUT2D eigenvalue weighted by Gasteiger charge is 2.12. The molecule has 3 heteroatoms. The summed E-state index contributed by atoms with van der Waals surface area (Å²) >= 11 is 3.47. The molecule has 1 saturated heterocycles. The molecule has 1 fully saturated rings. The second-order valence-corrected chi connectivity index (χ2v) is 5.26. The molecule has 1 aliphatic rings. The molecular formula is C14H18BrNO. The standard InChI is InChI=1S/C14H18BrNO/c1-12(11-16-9-5-2-6-10-16)17-14-8-4-3-7-13(14)15/h3-4,7-8H,1-2,5-6,9-11H2. The number of rotatable bonds is 4. The summed E-state index contributed by atoms with van der Waals surface area (Å²) in [7, 11) is 0. The van der Waals surface area contributed by atoms with Crippen LogP contribution in [0.4, 0.5) is 0 Å². The molecular weight excluding hydrogens is 278 g/mol. The van der Waals surface area contributed by atoms with Crippen molar-refractivity contribution in [1.82, 2.24) is 4.90 Å². The predicted octanol–water partition coefficient (Wildman–Crippen LogP) is 3.83. The van der Waals surface area contributed by atoms with Gasteiger partial charge in [-0.15, -0.1) is 0 Å². The van der Waals surface area contributed by atoms with E-state index in [1.165, 1.54) is 32.4 Å². The number of likely N-dealkylation sites (tertiary alicyclic amines) is 1. The van der Waals surface area contributed by atoms with E-state index in [9.17, 15) is 0 Å². The van der Waals surface area contributed by atoms with Gasteiger partial charge in [0.25, 0.3) is 0 Å². The highest BCUT2D eigenvalue weighted by molar-refractivity contribution is 9.10. The van der Waals surface area contributed by atoms with Crippen LogP contribution in [-0.4, -0.2) is 24.5 Å². The van der Waals surface area contributed by atoms with Crippen molar-refractivity contribution >= 4 is 15.9 Å². The molecule has 2 rings (SSSR count). The fourth-order valence-corrected chi connectivity index (χ4v) is 2.45. The number of nitrogens with zero attached hydrogens (tertiary/aromatic N) is 1. The first-order valence-electron chi connectivity index (χ1n) is 6.08. The molecule has 1 heterocycles. The molecule has 1 aromatic rings. The van der Waals surface area contributed by atoms with Gasteiger partial charge in [0.2, 0.25) is 0 Å². The second-order valence-electron chi connectivity index (χ2n) is 4.41. The molecule has 0 radical (unpaired) electrons.